The molecule has 0 radical (unpaired) electrons. The fraction of sp³-hybridized carbons (Fsp3) is 0.500. The van der Waals surface area contributed by atoms with Gasteiger partial charge in [0.15, 0.2) is 0 Å². The fourth-order valence-corrected chi connectivity index (χ4v) is 4.36. The van der Waals surface area contributed by atoms with E-state index >= 15 is 0 Å². The number of hydrogen-bond acceptors (Lipinski definition) is 3. The summed E-state index contributed by atoms with van der Waals surface area (Å²) in [5.41, 5.74) is 4.59. The van der Waals surface area contributed by atoms with Crippen LogP contribution in [0.3, 0.4) is 0 Å². The molecule has 0 unspecified atom stereocenters. The van der Waals surface area contributed by atoms with Crippen molar-refractivity contribution in [2.24, 2.45) is 0 Å². The van der Waals surface area contributed by atoms with E-state index in [0.717, 1.165) is 38.2 Å². The molecule has 140 valence electrons. The smallest absolute Gasteiger partial charge is 0.254 e. The summed E-state index contributed by atoms with van der Waals surface area (Å²) in [7, 11) is 2.19. The van der Waals surface area contributed by atoms with Gasteiger partial charge in [-0.05, 0) is 93.9 Å². The van der Waals surface area contributed by atoms with Crippen molar-refractivity contribution < 1.29 is 4.79 Å². The summed E-state index contributed by atoms with van der Waals surface area (Å²) in [6.45, 7) is 8.02. The van der Waals surface area contributed by atoms with Crippen LogP contribution in [0.4, 0.5) is 0 Å². The van der Waals surface area contributed by atoms with E-state index < -0.39 is 0 Å². The second-order valence-electron chi connectivity index (χ2n) is 7.51. The second-order valence-corrected chi connectivity index (χ2v) is 8.55. The lowest BCUT2D eigenvalue weighted by molar-refractivity contribution is 0.0772. The van der Waals surface area contributed by atoms with E-state index in [1.165, 1.54) is 40.8 Å². The van der Waals surface area contributed by atoms with Crippen LogP contribution in [0.15, 0.2) is 29.6 Å². The maximum atomic E-state index is 12.6. The highest BCUT2D eigenvalue weighted by molar-refractivity contribution is 7.09. The third-order valence-electron chi connectivity index (χ3n) is 5.36. The fourth-order valence-electron chi connectivity index (χ4n) is 3.61. The van der Waals surface area contributed by atoms with Crippen LogP contribution in [0.2, 0.25) is 0 Å². The van der Waals surface area contributed by atoms with Crippen molar-refractivity contribution in [1.29, 1.82) is 0 Å². The first-order chi connectivity index (χ1) is 12.5. The molecule has 0 spiro atoms. The molecule has 1 aromatic carbocycles. The van der Waals surface area contributed by atoms with Crippen molar-refractivity contribution >= 4 is 17.2 Å². The predicted octanol–water partition coefficient (Wildman–Crippen LogP) is 4.67. The van der Waals surface area contributed by atoms with Gasteiger partial charge in [0, 0.05) is 23.5 Å². The molecular formula is C22H30N2OS. The van der Waals surface area contributed by atoms with Gasteiger partial charge >= 0.3 is 0 Å². The zero-order valence-corrected chi connectivity index (χ0v) is 17.1. The van der Waals surface area contributed by atoms with Gasteiger partial charge in [-0.25, -0.2) is 0 Å². The quantitative estimate of drug-likeness (QED) is 0.599. The van der Waals surface area contributed by atoms with Crippen molar-refractivity contribution in [2.45, 2.75) is 46.1 Å². The molecule has 0 fully saturated rings. The van der Waals surface area contributed by atoms with Crippen LogP contribution in [-0.4, -0.2) is 42.4 Å². The largest absolute Gasteiger partial charge is 0.334 e. The third kappa shape index (κ3) is 4.74. The summed E-state index contributed by atoms with van der Waals surface area (Å²) >= 11 is 1.86. The zero-order chi connectivity index (χ0) is 18.5. The number of hydrogen-bond donors (Lipinski definition) is 0. The Kier molecular flexibility index (Phi) is 6.49. The third-order valence-corrected chi connectivity index (χ3v) is 6.30. The van der Waals surface area contributed by atoms with Gasteiger partial charge < -0.3 is 9.80 Å². The number of thiophene rings is 1. The van der Waals surface area contributed by atoms with Crippen molar-refractivity contribution in [1.82, 2.24) is 9.80 Å². The van der Waals surface area contributed by atoms with Gasteiger partial charge in [0.05, 0.1) is 0 Å². The number of nitrogens with zero attached hydrogens (tertiary/aromatic N) is 2. The van der Waals surface area contributed by atoms with Crippen LogP contribution in [0.5, 0.6) is 0 Å². The van der Waals surface area contributed by atoms with Crippen LogP contribution >= 0.6 is 11.3 Å². The second kappa shape index (κ2) is 8.83. The molecule has 1 aliphatic heterocycles. The maximum absolute atomic E-state index is 12.6. The van der Waals surface area contributed by atoms with E-state index in [1.54, 1.807) is 0 Å². The highest BCUT2D eigenvalue weighted by atomic mass is 32.1. The van der Waals surface area contributed by atoms with Gasteiger partial charge in [-0.1, -0.05) is 12.1 Å². The molecular weight excluding hydrogens is 340 g/mol. The minimum Gasteiger partial charge on any atom is -0.334 e. The lowest BCUT2D eigenvalue weighted by Gasteiger charge is -2.20. The first kappa shape index (κ1) is 19.1. The summed E-state index contributed by atoms with van der Waals surface area (Å²) in [5.74, 6) is 0.210. The molecule has 26 heavy (non-hydrogen) atoms. The summed E-state index contributed by atoms with van der Waals surface area (Å²) in [6, 6.07) is 8.60. The Morgan fingerprint density at radius 2 is 1.88 bits per heavy atom. The van der Waals surface area contributed by atoms with Gasteiger partial charge in [-0.2, -0.15) is 0 Å². The molecule has 0 saturated heterocycles. The van der Waals surface area contributed by atoms with Crippen molar-refractivity contribution in [3.63, 3.8) is 0 Å². The molecule has 3 nitrogen and oxygen atoms in total. The van der Waals surface area contributed by atoms with Crippen LogP contribution < -0.4 is 0 Å². The number of fused-ring (bicyclic) bond motifs is 1. The molecule has 2 heterocycles. The molecule has 0 N–H and O–H groups in total. The molecule has 0 saturated carbocycles. The standard InChI is InChI=1S/C22H30N2OS/c1-17-14-19-16-24(22(25)21(19)15-18(17)2)12-7-11-23(3)10-5-4-8-20-9-6-13-26-20/h6,9,13-15H,4-5,7-8,10-12,16H2,1-3H3. The van der Waals surface area contributed by atoms with E-state index in [4.69, 9.17) is 0 Å². The summed E-state index contributed by atoms with van der Waals surface area (Å²) in [4.78, 5) is 18.5. The Morgan fingerprint density at radius 1 is 1.12 bits per heavy atom. The number of unbranched alkanes of at least 4 members (excludes halogenated alkanes) is 1. The summed E-state index contributed by atoms with van der Waals surface area (Å²) < 4.78 is 0. The number of carbonyl (C=O) groups excluding carboxylic acids is 1. The lowest BCUT2D eigenvalue weighted by Crippen LogP contribution is -2.29. The van der Waals surface area contributed by atoms with E-state index in [2.05, 4.69) is 55.4 Å². The minimum absolute atomic E-state index is 0.210. The van der Waals surface area contributed by atoms with E-state index in [1.807, 2.05) is 16.2 Å². The number of aryl methyl sites for hydroxylation is 3. The van der Waals surface area contributed by atoms with Crippen molar-refractivity contribution in [3.05, 3.63) is 56.8 Å². The SMILES string of the molecule is Cc1cc2c(cc1C)C(=O)N(CCCN(C)CCCCc1cccs1)C2. The molecule has 1 aromatic heterocycles. The molecule has 1 amide bonds. The average molecular weight is 371 g/mol. The minimum atomic E-state index is 0.210. The number of rotatable bonds is 9. The topological polar surface area (TPSA) is 23.6 Å². The Morgan fingerprint density at radius 3 is 2.65 bits per heavy atom. The molecule has 3 rings (SSSR count). The molecule has 2 aromatic rings. The Balaban J connectivity index is 1.35. The number of benzene rings is 1. The van der Waals surface area contributed by atoms with Crippen LogP contribution in [-0.2, 0) is 13.0 Å². The number of carbonyl (C=O) groups is 1. The van der Waals surface area contributed by atoms with Crippen LogP contribution in [0, 0.1) is 13.8 Å². The summed E-state index contributed by atoms with van der Waals surface area (Å²) in [5, 5.41) is 2.15. The van der Waals surface area contributed by atoms with E-state index in [9.17, 15) is 4.79 Å². The van der Waals surface area contributed by atoms with Gasteiger partial charge in [-0.15, -0.1) is 11.3 Å². The molecule has 0 atom stereocenters. The average Bonchev–Trinajstić information content (AvgIpc) is 3.22. The van der Waals surface area contributed by atoms with E-state index in [0.29, 0.717) is 0 Å². The molecule has 4 heteroatoms. The number of amides is 1. The lowest BCUT2D eigenvalue weighted by atomic mass is 10.0. The Labute approximate surface area is 161 Å². The normalized spacial score (nSPS) is 13.7. The first-order valence-corrected chi connectivity index (χ1v) is 10.5. The van der Waals surface area contributed by atoms with Crippen molar-refractivity contribution in [2.75, 3.05) is 26.7 Å². The van der Waals surface area contributed by atoms with Crippen LogP contribution in [0.25, 0.3) is 0 Å². The van der Waals surface area contributed by atoms with Gasteiger partial charge in [0.25, 0.3) is 5.91 Å². The monoisotopic (exact) mass is 370 g/mol. The summed E-state index contributed by atoms with van der Waals surface area (Å²) in [6.07, 6.45) is 4.73. The first-order valence-electron chi connectivity index (χ1n) is 9.65. The van der Waals surface area contributed by atoms with Gasteiger partial charge in [0.1, 0.15) is 0 Å². The molecule has 0 aliphatic carbocycles. The highest BCUT2D eigenvalue weighted by Gasteiger charge is 2.27. The zero-order valence-electron chi connectivity index (χ0n) is 16.3. The van der Waals surface area contributed by atoms with E-state index in [-0.39, 0.29) is 5.91 Å². The molecule has 0 bridgehead atoms. The predicted molar refractivity (Wildman–Crippen MR) is 110 cm³/mol. The van der Waals surface area contributed by atoms with Crippen LogP contribution in [0.1, 0.15) is 51.2 Å². The Bertz CT molecular complexity index is 739. The highest BCUT2D eigenvalue weighted by Crippen LogP contribution is 2.26. The Hall–Kier alpha value is -1.65. The van der Waals surface area contributed by atoms with Crippen molar-refractivity contribution in [3.8, 4) is 0 Å². The molecule has 1 aliphatic rings. The van der Waals surface area contributed by atoms with Gasteiger partial charge in [-0.3, -0.25) is 4.79 Å². The van der Waals surface area contributed by atoms with Gasteiger partial charge in [0.2, 0.25) is 0 Å². The maximum Gasteiger partial charge on any atom is 0.254 e.